The summed E-state index contributed by atoms with van der Waals surface area (Å²) in [5, 5.41) is 9.06. The third-order valence-electron chi connectivity index (χ3n) is 2.17. The summed E-state index contributed by atoms with van der Waals surface area (Å²) in [6.45, 7) is 6.04. The molecule has 0 N–H and O–H groups in total. The Morgan fingerprint density at radius 3 is 2.43 bits per heavy atom. The lowest BCUT2D eigenvalue weighted by Gasteiger charge is -2.20. The van der Waals surface area contributed by atoms with Crippen LogP contribution in [0.15, 0.2) is 18.2 Å². The van der Waals surface area contributed by atoms with E-state index in [9.17, 15) is 0 Å². The number of benzene rings is 1. The molecule has 1 aromatic rings. The first-order valence-corrected chi connectivity index (χ1v) is 5.00. The summed E-state index contributed by atoms with van der Waals surface area (Å²) in [6.07, 6.45) is 0. The van der Waals surface area contributed by atoms with E-state index in [2.05, 4.69) is 23.7 Å². The summed E-state index contributed by atoms with van der Waals surface area (Å²) in [5.41, 5.74) is 1.45. The molecular weight excluding hydrogens is 198 g/mol. The van der Waals surface area contributed by atoms with Crippen LogP contribution in [0.25, 0.3) is 4.98 Å². The number of rotatable bonds is 3. The van der Waals surface area contributed by atoms with E-state index in [4.69, 9.17) is 17.0 Å². The standard InChI is InChI=1S/C10H13ClN3/c1-3-14(4-2)8-5-6-10(13-12)9(11)7-8/h5-7H,3-4H2,1-2H3/q+1. The van der Waals surface area contributed by atoms with Crippen LogP contribution in [0.1, 0.15) is 13.8 Å². The van der Waals surface area contributed by atoms with Gasteiger partial charge in [0.2, 0.25) is 5.39 Å². The van der Waals surface area contributed by atoms with Crippen molar-refractivity contribution >= 4 is 23.0 Å². The van der Waals surface area contributed by atoms with Gasteiger partial charge >= 0.3 is 5.69 Å². The highest BCUT2D eigenvalue weighted by atomic mass is 35.5. The fourth-order valence-corrected chi connectivity index (χ4v) is 1.57. The topological polar surface area (TPSA) is 31.4 Å². The molecule has 0 spiro atoms. The van der Waals surface area contributed by atoms with Gasteiger partial charge in [0.25, 0.3) is 0 Å². The average molecular weight is 211 g/mol. The molecule has 74 valence electrons. The monoisotopic (exact) mass is 210 g/mol. The van der Waals surface area contributed by atoms with E-state index in [1.165, 1.54) is 0 Å². The van der Waals surface area contributed by atoms with Crippen LogP contribution in [0.4, 0.5) is 11.4 Å². The number of anilines is 1. The molecule has 1 rings (SSSR count). The van der Waals surface area contributed by atoms with Gasteiger partial charge in [-0.3, -0.25) is 0 Å². The van der Waals surface area contributed by atoms with Gasteiger partial charge in [-0.25, -0.2) is 0 Å². The molecule has 0 aliphatic carbocycles. The van der Waals surface area contributed by atoms with Crippen LogP contribution in [-0.2, 0) is 0 Å². The average Bonchev–Trinajstić information content (AvgIpc) is 2.20. The minimum atomic E-state index is 0.405. The first kappa shape index (κ1) is 10.8. The van der Waals surface area contributed by atoms with E-state index in [1.807, 2.05) is 12.1 Å². The fraction of sp³-hybridized carbons (Fsp3) is 0.400. The van der Waals surface area contributed by atoms with Crippen molar-refractivity contribution in [3.8, 4) is 0 Å². The van der Waals surface area contributed by atoms with Crippen LogP contribution >= 0.6 is 11.6 Å². The second-order valence-electron chi connectivity index (χ2n) is 2.91. The molecule has 0 saturated carbocycles. The van der Waals surface area contributed by atoms with Gasteiger partial charge in [0, 0.05) is 24.8 Å². The number of diazo groups is 1. The van der Waals surface area contributed by atoms with Gasteiger partial charge in [0.05, 0.1) is 0 Å². The molecule has 0 fully saturated rings. The van der Waals surface area contributed by atoms with Gasteiger partial charge < -0.3 is 4.90 Å². The van der Waals surface area contributed by atoms with E-state index >= 15 is 0 Å². The fourth-order valence-electron chi connectivity index (χ4n) is 1.36. The molecule has 1 aromatic carbocycles. The molecule has 3 nitrogen and oxygen atoms in total. The van der Waals surface area contributed by atoms with Gasteiger partial charge in [0.15, 0.2) is 4.98 Å². The van der Waals surface area contributed by atoms with Crippen molar-refractivity contribution in [1.82, 2.24) is 0 Å². The van der Waals surface area contributed by atoms with Gasteiger partial charge in [-0.15, -0.1) is 0 Å². The third-order valence-corrected chi connectivity index (χ3v) is 2.47. The molecule has 0 unspecified atom stereocenters. The van der Waals surface area contributed by atoms with Crippen molar-refractivity contribution in [2.45, 2.75) is 13.8 Å². The Kier molecular flexibility index (Phi) is 3.73. The van der Waals surface area contributed by atoms with Crippen LogP contribution in [0.3, 0.4) is 0 Å². The maximum Gasteiger partial charge on any atom is 0.403 e. The van der Waals surface area contributed by atoms with Gasteiger partial charge in [0.1, 0.15) is 5.02 Å². The Morgan fingerprint density at radius 1 is 1.36 bits per heavy atom. The minimum Gasteiger partial charge on any atom is -0.372 e. The quantitative estimate of drug-likeness (QED) is 0.713. The Hall–Kier alpha value is -1.27. The van der Waals surface area contributed by atoms with Crippen LogP contribution in [0.5, 0.6) is 0 Å². The van der Waals surface area contributed by atoms with Crippen LogP contribution in [0, 0.1) is 5.39 Å². The molecule has 0 radical (unpaired) electrons. The normalized spacial score (nSPS) is 9.57. The lowest BCUT2D eigenvalue weighted by atomic mass is 10.2. The van der Waals surface area contributed by atoms with E-state index in [0.29, 0.717) is 10.7 Å². The predicted molar refractivity (Wildman–Crippen MR) is 59.8 cm³/mol. The van der Waals surface area contributed by atoms with E-state index in [1.54, 1.807) is 6.07 Å². The highest BCUT2D eigenvalue weighted by Gasteiger charge is 2.13. The lowest BCUT2D eigenvalue weighted by Crippen LogP contribution is -2.21. The second kappa shape index (κ2) is 4.83. The van der Waals surface area contributed by atoms with E-state index in [0.717, 1.165) is 18.8 Å². The summed E-state index contributed by atoms with van der Waals surface area (Å²) in [7, 11) is 0. The molecule has 0 bridgehead atoms. The molecule has 0 heterocycles. The maximum absolute atomic E-state index is 8.59. The molecule has 4 heteroatoms. The van der Waals surface area contributed by atoms with Crippen molar-refractivity contribution in [1.29, 1.82) is 5.39 Å². The summed E-state index contributed by atoms with van der Waals surface area (Å²) in [5.74, 6) is 0. The summed E-state index contributed by atoms with van der Waals surface area (Å²) in [6, 6.07) is 5.41. The first-order chi connectivity index (χ1) is 6.72. The first-order valence-electron chi connectivity index (χ1n) is 4.62. The molecule has 14 heavy (non-hydrogen) atoms. The van der Waals surface area contributed by atoms with Gasteiger partial charge in [-0.1, -0.05) is 11.6 Å². The molecule has 0 aromatic heterocycles. The van der Waals surface area contributed by atoms with Crippen molar-refractivity contribution in [2.24, 2.45) is 0 Å². The molecule has 0 aliphatic rings. The zero-order chi connectivity index (χ0) is 10.6. The van der Waals surface area contributed by atoms with Gasteiger partial charge in [-0.2, -0.15) is 0 Å². The Bertz CT molecular complexity index is 353. The van der Waals surface area contributed by atoms with Crippen LogP contribution < -0.4 is 4.90 Å². The number of hydrogen-bond acceptors (Lipinski definition) is 2. The smallest absolute Gasteiger partial charge is 0.372 e. The Balaban J connectivity index is 3.02. The van der Waals surface area contributed by atoms with Gasteiger partial charge in [-0.05, 0) is 26.0 Å². The highest BCUT2D eigenvalue weighted by molar-refractivity contribution is 6.33. The summed E-state index contributed by atoms with van der Waals surface area (Å²) in [4.78, 5) is 5.25. The molecule has 0 aliphatic heterocycles. The lowest BCUT2D eigenvalue weighted by molar-refractivity contribution is 0.866. The Morgan fingerprint density at radius 2 is 2.00 bits per heavy atom. The van der Waals surface area contributed by atoms with Crippen LogP contribution in [0.2, 0.25) is 5.02 Å². The van der Waals surface area contributed by atoms with Crippen LogP contribution in [-0.4, -0.2) is 13.1 Å². The van der Waals surface area contributed by atoms with Crippen molar-refractivity contribution in [3.05, 3.63) is 28.2 Å². The largest absolute Gasteiger partial charge is 0.403 e. The van der Waals surface area contributed by atoms with Crippen molar-refractivity contribution < 1.29 is 0 Å². The van der Waals surface area contributed by atoms with E-state index in [-0.39, 0.29) is 0 Å². The highest BCUT2D eigenvalue weighted by Crippen LogP contribution is 2.29. The summed E-state index contributed by atoms with van der Waals surface area (Å²) < 4.78 is 0. The SMILES string of the molecule is CCN(CC)c1ccc([N+]#N)c(Cl)c1. The Labute approximate surface area is 88.9 Å². The second-order valence-corrected chi connectivity index (χ2v) is 3.32. The van der Waals surface area contributed by atoms with Crippen molar-refractivity contribution in [2.75, 3.05) is 18.0 Å². The number of halogens is 1. The maximum atomic E-state index is 8.59. The third kappa shape index (κ3) is 2.15. The molecule has 0 amide bonds. The summed E-state index contributed by atoms with van der Waals surface area (Å²) >= 11 is 5.91. The predicted octanol–water partition coefficient (Wildman–Crippen LogP) is 3.67. The molecular formula is C10H13ClN3+. The minimum absolute atomic E-state index is 0.405. The van der Waals surface area contributed by atoms with E-state index < -0.39 is 0 Å². The molecule has 0 atom stereocenters. The number of hydrogen-bond donors (Lipinski definition) is 0. The zero-order valence-electron chi connectivity index (χ0n) is 8.37. The van der Waals surface area contributed by atoms with Crippen molar-refractivity contribution in [3.63, 3.8) is 0 Å². The number of nitrogens with zero attached hydrogens (tertiary/aromatic N) is 3. The zero-order valence-corrected chi connectivity index (χ0v) is 9.12. The molecule has 0 saturated heterocycles.